The number of hydrogen-bond donors (Lipinski definition) is 0. The fourth-order valence-corrected chi connectivity index (χ4v) is 2.22. The molecule has 1 atom stereocenters. The molecule has 0 radical (unpaired) electrons. The third kappa shape index (κ3) is 2.29. The van der Waals surface area contributed by atoms with E-state index in [0.717, 1.165) is 19.5 Å². The van der Waals surface area contributed by atoms with Crippen molar-refractivity contribution in [3.8, 4) is 0 Å². The number of rotatable bonds is 4. The Balaban J connectivity index is 2.00. The predicted molar refractivity (Wildman–Crippen MR) is 58.3 cm³/mol. The van der Waals surface area contributed by atoms with E-state index >= 15 is 0 Å². The van der Waals surface area contributed by atoms with Gasteiger partial charge < -0.3 is 9.42 Å². The molecule has 88 valence electrons. The van der Waals surface area contributed by atoms with Crippen LogP contribution in [-0.2, 0) is 6.42 Å². The first kappa shape index (κ1) is 11.3. The van der Waals surface area contributed by atoms with Crippen LogP contribution in [0.15, 0.2) is 4.52 Å². The van der Waals surface area contributed by atoms with Gasteiger partial charge in [0.25, 0.3) is 0 Å². The van der Waals surface area contributed by atoms with Crippen molar-refractivity contribution in [3.63, 3.8) is 0 Å². The highest BCUT2D eigenvalue weighted by molar-refractivity contribution is 5.89. The lowest BCUT2D eigenvalue weighted by atomic mass is 10.1. The summed E-state index contributed by atoms with van der Waals surface area (Å²) in [5.74, 6) is 0.625. The minimum atomic E-state index is -0.145. The zero-order valence-electron chi connectivity index (χ0n) is 9.77. The van der Waals surface area contributed by atoms with Crippen LogP contribution in [0.1, 0.15) is 43.2 Å². The normalized spacial score (nSPS) is 21.5. The number of carbonyl (C=O) groups is 1. The van der Waals surface area contributed by atoms with E-state index in [1.807, 2.05) is 0 Å². The molecule has 5 nitrogen and oxygen atoms in total. The molecule has 1 saturated heterocycles. The van der Waals surface area contributed by atoms with Crippen molar-refractivity contribution in [2.75, 3.05) is 13.1 Å². The molecule has 1 fully saturated rings. The second-order valence-electron chi connectivity index (χ2n) is 4.20. The quantitative estimate of drug-likeness (QED) is 0.720. The number of Topliss-reactive ketones (excluding diaryl/α,β-unsaturated/α-hetero) is 1. The summed E-state index contributed by atoms with van der Waals surface area (Å²) < 4.78 is 5.07. The van der Waals surface area contributed by atoms with Crippen LogP contribution in [0.25, 0.3) is 0 Å². The fraction of sp³-hybridized carbons (Fsp3) is 0.727. The monoisotopic (exact) mass is 223 g/mol. The van der Waals surface area contributed by atoms with Crippen molar-refractivity contribution >= 4 is 5.78 Å². The molecular weight excluding hydrogens is 206 g/mol. The van der Waals surface area contributed by atoms with Crippen LogP contribution >= 0.6 is 0 Å². The van der Waals surface area contributed by atoms with Gasteiger partial charge in [-0.15, -0.1) is 0 Å². The van der Waals surface area contributed by atoms with Crippen LogP contribution in [-0.4, -0.2) is 40.0 Å². The molecular formula is C11H17N3O2. The second kappa shape index (κ2) is 4.74. The first-order valence-corrected chi connectivity index (χ1v) is 5.78. The van der Waals surface area contributed by atoms with Gasteiger partial charge in [0.2, 0.25) is 17.5 Å². The molecule has 1 aliphatic rings. The van der Waals surface area contributed by atoms with Crippen molar-refractivity contribution in [2.45, 2.75) is 39.2 Å². The Hall–Kier alpha value is -1.23. The van der Waals surface area contributed by atoms with Crippen LogP contribution in [0.2, 0.25) is 0 Å². The van der Waals surface area contributed by atoms with Gasteiger partial charge in [-0.3, -0.25) is 4.79 Å². The van der Waals surface area contributed by atoms with E-state index in [0.29, 0.717) is 11.9 Å². The summed E-state index contributed by atoms with van der Waals surface area (Å²) in [6.07, 6.45) is 3.16. The van der Waals surface area contributed by atoms with Crippen LogP contribution in [0.5, 0.6) is 0 Å². The van der Waals surface area contributed by atoms with Gasteiger partial charge >= 0.3 is 0 Å². The molecule has 0 bridgehead atoms. The van der Waals surface area contributed by atoms with Crippen LogP contribution in [0.4, 0.5) is 0 Å². The van der Waals surface area contributed by atoms with E-state index < -0.39 is 0 Å². The molecule has 1 aromatic rings. The maximum absolute atomic E-state index is 11.0. The summed E-state index contributed by atoms with van der Waals surface area (Å²) in [6.45, 7) is 5.81. The van der Waals surface area contributed by atoms with Crippen molar-refractivity contribution < 1.29 is 9.32 Å². The Morgan fingerprint density at radius 2 is 2.44 bits per heavy atom. The first-order valence-electron chi connectivity index (χ1n) is 5.78. The van der Waals surface area contributed by atoms with Crippen molar-refractivity contribution in [2.24, 2.45) is 0 Å². The van der Waals surface area contributed by atoms with Gasteiger partial charge in [-0.25, -0.2) is 0 Å². The van der Waals surface area contributed by atoms with E-state index in [2.05, 4.69) is 22.0 Å². The Morgan fingerprint density at radius 3 is 3.06 bits per heavy atom. The van der Waals surface area contributed by atoms with Crippen molar-refractivity contribution in [1.29, 1.82) is 0 Å². The summed E-state index contributed by atoms with van der Waals surface area (Å²) in [6, 6.07) is 0.491. The molecule has 1 aromatic heterocycles. The molecule has 0 spiro atoms. The molecule has 0 aliphatic carbocycles. The number of aromatic nitrogens is 2. The summed E-state index contributed by atoms with van der Waals surface area (Å²) >= 11 is 0. The predicted octanol–water partition coefficient (Wildman–Crippen LogP) is 1.30. The Kier molecular flexibility index (Phi) is 3.33. The van der Waals surface area contributed by atoms with E-state index in [1.54, 1.807) is 0 Å². The standard InChI is InChI=1S/C11H17N3O2/c1-3-14-6-4-5-9(14)7-10-12-11(8(2)15)13-16-10/h9H,3-7H2,1-2H3. The minimum absolute atomic E-state index is 0.145. The number of ketones is 1. The van der Waals surface area contributed by atoms with Gasteiger partial charge in [-0.2, -0.15) is 4.98 Å². The third-order valence-corrected chi connectivity index (χ3v) is 3.10. The average Bonchev–Trinajstić information content (AvgIpc) is 2.87. The highest BCUT2D eigenvalue weighted by atomic mass is 16.5. The number of hydrogen-bond acceptors (Lipinski definition) is 5. The van der Waals surface area contributed by atoms with Crippen LogP contribution in [0.3, 0.4) is 0 Å². The minimum Gasteiger partial charge on any atom is -0.339 e. The van der Waals surface area contributed by atoms with E-state index in [-0.39, 0.29) is 11.6 Å². The van der Waals surface area contributed by atoms with Gasteiger partial charge in [0.05, 0.1) is 0 Å². The highest BCUT2D eigenvalue weighted by Crippen LogP contribution is 2.19. The molecule has 2 heterocycles. The van der Waals surface area contributed by atoms with E-state index in [4.69, 9.17) is 4.52 Å². The topological polar surface area (TPSA) is 59.2 Å². The van der Waals surface area contributed by atoms with E-state index in [9.17, 15) is 4.79 Å². The Labute approximate surface area is 94.8 Å². The Bertz CT molecular complexity index is 375. The third-order valence-electron chi connectivity index (χ3n) is 3.10. The lowest BCUT2D eigenvalue weighted by Crippen LogP contribution is -2.30. The fourth-order valence-electron chi connectivity index (χ4n) is 2.22. The maximum Gasteiger partial charge on any atom is 0.238 e. The summed E-state index contributed by atoms with van der Waals surface area (Å²) in [5.41, 5.74) is 0. The number of likely N-dealkylation sites (N-methyl/N-ethyl adjacent to an activating group) is 1. The summed E-state index contributed by atoms with van der Waals surface area (Å²) in [4.78, 5) is 17.5. The molecule has 0 amide bonds. The second-order valence-corrected chi connectivity index (χ2v) is 4.20. The van der Waals surface area contributed by atoms with Crippen LogP contribution < -0.4 is 0 Å². The molecule has 1 aliphatic heterocycles. The van der Waals surface area contributed by atoms with Gasteiger partial charge in [-0.1, -0.05) is 12.1 Å². The van der Waals surface area contributed by atoms with Gasteiger partial charge in [0.1, 0.15) is 0 Å². The van der Waals surface area contributed by atoms with Crippen LogP contribution in [0, 0.1) is 0 Å². The van der Waals surface area contributed by atoms with Gasteiger partial charge in [-0.05, 0) is 25.9 Å². The first-order chi connectivity index (χ1) is 7.70. The molecule has 0 aromatic carbocycles. The molecule has 1 unspecified atom stereocenters. The zero-order chi connectivity index (χ0) is 11.5. The largest absolute Gasteiger partial charge is 0.339 e. The molecule has 0 saturated carbocycles. The van der Waals surface area contributed by atoms with Gasteiger partial charge in [0, 0.05) is 19.4 Å². The number of carbonyl (C=O) groups excluding carboxylic acids is 1. The van der Waals surface area contributed by atoms with E-state index in [1.165, 1.54) is 19.8 Å². The van der Waals surface area contributed by atoms with Crippen molar-refractivity contribution in [1.82, 2.24) is 15.0 Å². The lowest BCUT2D eigenvalue weighted by Gasteiger charge is -2.20. The number of likely N-dealkylation sites (tertiary alicyclic amines) is 1. The zero-order valence-corrected chi connectivity index (χ0v) is 9.77. The van der Waals surface area contributed by atoms with Crippen molar-refractivity contribution in [3.05, 3.63) is 11.7 Å². The maximum atomic E-state index is 11.0. The Morgan fingerprint density at radius 1 is 1.62 bits per heavy atom. The summed E-state index contributed by atoms with van der Waals surface area (Å²) in [5, 5.41) is 3.65. The highest BCUT2D eigenvalue weighted by Gasteiger charge is 2.25. The number of nitrogens with zero attached hydrogens (tertiary/aromatic N) is 3. The average molecular weight is 223 g/mol. The van der Waals surface area contributed by atoms with Gasteiger partial charge in [0.15, 0.2) is 0 Å². The SMILES string of the molecule is CCN1CCCC1Cc1nc(C(C)=O)no1. The lowest BCUT2D eigenvalue weighted by molar-refractivity contribution is 0.100. The molecule has 2 rings (SSSR count). The molecule has 5 heteroatoms. The molecule has 0 N–H and O–H groups in total. The smallest absolute Gasteiger partial charge is 0.238 e. The molecule has 16 heavy (non-hydrogen) atoms. The summed E-state index contributed by atoms with van der Waals surface area (Å²) in [7, 11) is 0.